The van der Waals surface area contributed by atoms with E-state index in [2.05, 4.69) is 21.0 Å². The molecule has 0 bridgehead atoms. The number of aromatic nitrogens is 3. The Hall–Kier alpha value is -3.26. The fraction of sp³-hybridized carbons (Fsp3) is 0. The molecule has 3 heterocycles. The van der Waals surface area contributed by atoms with E-state index in [1.165, 1.54) is 0 Å². The third-order valence-corrected chi connectivity index (χ3v) is 3.08. The molecule has 0 saturated carbocycles. The minimum atomic E-state index is 0.201. The number of nitrogens with zero attached hydrogens (tertiary/aromatic N) is 4. The fourth-order valence-electron chi connectivity index (χ4n) is 2.09. The zero-order valence-electron chi connectivity index (χ0n) is 11.1. The highest BCUT2D eigenvalue weighted by molar-refractivity contribution is 5.79. The number of rotatable bonds is 2. The summed E-state index contributed by atoms with van der Waals surface area (Å²) < 4.78 is 0. The van der Waals surface area contributed by atoms with Crippen molar-refractivity contribution in [2.45, 2.75) is 0 Å². The SMILES string of the molecule is N#Cc1c(-c2ccncc2)cc(-c2ccccn2)nc1N. The third kappa shape index (κ3) is 2.42. The van der Waals surface area contributed by atoms with Crippen molar-refractivity contribution in [2.24, 2.45) is 0 Å². The van der Waals surface area contributed by atoms with E-state index in [1.54, 1.807) is 18.6 Å². The molecule has 0 atom stereocenters. The van der Waals surface area contributed by atoms with Gasteiger partial charge in [-0.25, -0.2) is 4.98 Å². The molecule has 3 aromatic rings. The number of anilines is 1. The van der Waals surface area contributed by atoms with Crippen molar-refractivity contribution in [1.29, 1.82) is 5.26 Å². The van der Waals surface area contributed by atoms with Crippen molar-refractivity contribution in [3.05, 3.63) is 60.6 Å². The van der Waals surface area contributed by atoms with Gasteiger partial charge >= 0.3 is 0 Å². The van der Waals surface area contributed by atoms with Crippen molar-refractivity contribution in [1.82, 2.24) is 15.0 Å². The Morgan fingerprint density at radius 1 is 1.00 bits per heavy atom. The first-order valence-electron chi connectivity index (χ1n) is 6.32. The van der Waals surface area contributed by atoms with Crippen molar-refractivity contribution >= 4 is 5.82 Å². The normalized spacial score (nSPS) is 10.0. The molecule has 100 valence electrons. The van der Waals surface area contributed by atoms with Gasteiger partial charge in [-0.2, -0.15) is 5.26 Å². The molecule has 0 spiro atoms. The molecule has 3 aromatic heterocycles. The van der Waals surface area contributed by atoms with Gasteiger partial charge in [0.1, 0.15) is 17.5 Å². The predicted octanol–water partition coefficient (Wildman–Crippen LogP) is 2.66. The first-order chi connectivity index (χ1) is 10.3. The van der Waals surface area contributed by atoms with E-state index in [9.17, 15) is 5.26 Å². The summed E-state index contributed by atoms with van der Waals surface area (Å²) in [5.74, 6) is 0.201. The topological polar surface area (TPSA) is 88.5 Å². The minimum absolute atomic E-state index is 0.201. The number of nitrogens with two attached hydrogens (primary N) is 1. The lowest BCUT2D eigenvalue weighted by atomic mass is 10.0. The molecule has 0 aliphatic heterocycles. The molecule has 0 radical (unpaired) electrons. The van der Waals surface area contributed by atoms with Crippen LogP contribution >= 0.6 is 0 Å². The van der Waals surface area contributed by atoms with Crippen LogP contribution in [0.2, 0.25) is 0 Å². The lowest BCUT2D eigenvalue weighted by molar-refractivity contribution is 1.24. The van der Waals surface area contributed by atoms with Crippen LogP contribution in [0.25, 0.3) is 22.5 Å². The predicted molar refractivity (Wildman–Crippen MR) is 79.8 cm³/mol. The van der Waals surface area contributed by atoms with E-state index >= 15 is 0 Å². The monoisotopic (exact) mass is 273 g/mol. The zero-order chi connectivity index (χ0) is 14.7. The number of nitrogen functional groups attached to an aromatic ring is 1. The van der Waals surface area contributed by atoms with E-state index in [4.69, 9.17) is 5.73 Å². The van der Waals surface area contributed by atoms with E-state index < -0.39 is 0 Å². The van der Waals surface area contributed by atoms with Crippen molar-refractivity contribution in [2.75, 3.05) is 5.73 Å². The molecular formula is C16H11N5. The minimum Gasteiger partial charge on any atom is -0.383 e. The van der Waals surface area contributed by atoms with Gasteiger partial charge in [0.05, 0.1) is 11.4 Å². The summed E-state index contributed by atoms with van der Waals surface area (Å²) in [4.78, 5) is 12.5. The maximum Gasteiger partial charge on any atom is 0.142 e. The molecule has 5 nitrogen and oxygen atoms in total. The molecular weight excluding hydrogens is 262 g/mol. The molecule has 0 aromatic carbocycles. The molecule has 0 amide bonds. The van der Waals surface area contributed by atoms with Gasteiger partial charge in [0.15, 0.2) is 0 Å². The van der Waals surface area contributed by atoms with Gasteiger partial charge in [0, 0.05) is 24.2 Å². The number of hydrogen-bond donors (Lipinski definition) is 1. The lowest BCUT2D eigenvalue weighted by Crippen LogP contribution is -2.00. The smallest absolute Gasteiger partial charge is 0.142 e. The molecule has 0 fully saturated rings. The Morgan fingerprint density at radius 2 is 1.81 bits per heavy atom. The molecule has 2 N–H and O–H groups in total. The average Bonchev–Trinajstić information content (AvgIpc) is 2.55. The second-order valence-corrected chi connectivity index (χ2v) is 4.38. The number of hydrogen-bond acceptors (Lipinski definition) is 5. The summed E-state index contributed by atoms with van der Waals surface area (Å²) >= 11 is 0. The summed E-state index contributed by atoms with van der Waals surface area (Å²) in [6.45, 7) is 0. The highest BCUT2D eigenvalue weighted by Gasteiger charge is 2.13. The number of pyridine rings is 3. The van der Waals surface area contributed by atoms with Crippen LogP contribution in [0.15, 0.2) is 55.0 Å². The van der Waals surface area contributed by atoms with Crippen LogP contribution in [0, 0.1) is 11.3 Å². The van der Waals surface area contributed by atoms with Gasteiger partial charge in [-0.15, -0.1) is 0 Å². The van der Waals surface area contributed by atoms with Gasteiger partial charge in [-0.05, 0) is 35.9 Å². The molecule has 21 heavy (non-hydrogen) atoms. The summed E-state index contributed by atoms with van der Waals surface area (Å²) in [5.41, 5.74) is 9.24. The summed E-state index contributed by atoms with van der Waals surface area (Å²) in [6, 6.07) is 13.2. The lowest BCUT2D eigenvalue weighted by Gasteiger charge is -2.09. The maximum absolute atomic E-state index is 9.32. The van der Waals surface area contributed by atoms with Gasteiger partial charge in [-0.3, -0.25) is 9.97 Å². The Kier molecular flexibility index (Phi) is 3.27. The van der Waals surface area contributed by atoms with E-state index in [-0.39, 0.29) is 5.82 Å². The first kappa shape index (κ1) is 12.8. The second kappa shape index (κ2) is 5.39. The Bertz CT molecular complexity index is 807. The largest absolute Gasteiger partial charge is 0.383 e. The molecule has 0 aliphatic rings. The summed E-state index contributed by atoms with van der Waals surface area (Å²) in [7, 11) is 0. The Labute approximate surface area is 121 Å². The second-order valence-electron chi connectivity index (χ2n) is 4.38. The van der Waals surface area contributed by atoms with Gasteiger partial charge in [-0.1, -0.05) is 6.07 Å². The van der Waals surface area contributed by atoms with Crippen molar-refractivity contribution in [3.63, 3.8) is 0 Å². The van der Waals surface area contributed by atoms with Gasteiger partial charge < -0.3 is 5.73 Å². The highest BCUT2D eigenvalue weighted by atomic mass is 14.9. The quantitative estimate of drug-likeness (QED) is 0.775. The van der Waals surface area contributed by atoms with E-state index in [0.717, 1.165) is 11.1 Å². The standard InChI is InChI=1S/C16H11N5/c17-10-13-12(11-4-7-19-8-5-11)9-15(21-16(13)18)14-3-1-2-6-20-14/h1-9H,(H2,18,21). The number of nitriles is 1. The van der Waals surface area contributed by atoms with Crippen LogP contribution < -0.4 is 5.73 Å². The first-order valence-corrected chi connectivity index (χ1v) is 6.32. The van der Waals surface area contributed by atoms with Gasteiger partial charge in [0.2, 0.25) is 0 Å². The average molecular weight is 273 g/mol. The maximum atomic E-state index is 9.32. The Morgan fingerprint density at radius 3 is 2.48 bits per heavy atom. The fourth-order valence-corrected chi connectivity index (χ4v) is 2.09. The van der Waals surface area contributed by atoms with Crippen LogP contribution in [-0.2, 0) is 0 Å². The highest BCUT2D eigenvalue weighted by Crippen LogP contribution is 2.29. The molecule has 3 rings (SSSR count). The molecule has 0 aliphatic carbocycles. The van der Waals surface area contributed by atoms with Crippen molar-refractivity contribution < 1.29 is 0 Å². The zero-order valence-corrected chi connectivity index (χ0v) is 11.1. The van der Waals surface area contributed by atoms with E-state index in [0.29, 0.717) is 17.0 Å². The summed E-state index contributed by atoms with van der Waals surface area (Å²) in [6.07, 6.45) is 5.04. The molecule has 5 heteroatoms. The van der Waals surface area contributed by atoms with Crippen molar-refractivity contribution in [3.8, 4) is 28.6 Å². The van der Waals surface area contributed by atoms with Crippen LogP contribution in [0.5, 0.6) is 0 Å². The summed E-state index contributed by atoms with van der Waals surface area (Å²) in [5, 5.41) is 9.32. The van der Waals surface area contributed by atoms with Crippen LogP contribution in [0.1, 0.15) is 5.56 Å². The van der Waals surface area contributed by atoms with Gasteiger partial charge in [0.25, 0.3) is 0 Å². The van der Waals surface area contributed by atoms with Crippen LogP contribution in [-0.4, -0.2) is 15.0 Å². The third-order valence-electron chi connectivity index (χ3n) is 3.08. The van der Waals surface area contributed by atoms with Crippen LogP contribution in [0.4, 0.5) is 5.82 Å². The molecule has 0 unspecified atom stereocenters. The Balaban J connectivity index is 2.24. The van der Waals surface area contributed by atoms with E-state index in [1.807, 2.05) is 36.4 Å². The molecule has 0 saturated heterocycles. The van der Waals surface area contributed by atoms with Crippen LogP contribution in [0.3, 0.4) is 0 Å².